The molecule has 7 heteroatoms. The Bertz CT molecular complexity index is 1310. The normalized spacial score (nSPS) is 11.2. The van der Waals surface area contributed by atoms with Crippen LogP contribution >= 0.6 is 11.3 Å². The van der Waals surface area contributed by atoms with E-state index in [9.17, 15) is 14.7 Å². The van der Waals surface area contributed by atoms with Gasteiger partial charge in [-0.05, 0) is 54.1 Å². The number of nitrogens with one attached hydrogen (secondary N) is 1. The van der Waals surface area contributed by atoms with Gasteiger partial charge >= 0.3 is 6.09 Å². The topological polar surface area (TPSA) is 82.6 Å². The van der Waals surface area contributed by atoms with E-state index in [0.717, 1.165) is 39.4 Å². The summed E-state index contributed by atoms with van der Waals surface area (Å²) < 4.78 is 6.38. The van der Waals surface area contributed by atoms with Crippen LogP contribution in [0.4, 0.5) is 10.5 Å². The first-order valence-electron chi connectivity index (χ1n) is 9.68. The molecule has 0 saturated heterocycles. The summed E-state index contributed by atoms with van der Waals surface area (Å²) in [6, 6.07) is 11.3. The van der Waals surface area contributed by atoms with Crippen LogP contribution in [0.2, 0.25) is 0 Å². The summed E-state index contributed by atoms with van der Waals surface area (Å²) in [6.45, 7) is 4.32. The molecule has 1 amide bonds. The number of hydrogen-bond donors (Lipinski definition) is 2. The van der Waals surface area contributed by atoms with E-state index in [0.29, 0.717) is 22.7 Å². The highest BCUT2D eigenvalue weighted by Crippen LogP contribution is 2.42. The molecule has 30 heavy (non-hydrogen) atoms. The highest BCUT2D eigenvalue weighted by Gasteiger charge is 2.19. The van der Waals surface area contributed by atoms with Crippen molar-refractivity contribution in [1.82, 2.24) is 4.98 Å². The van der Waals surface area contributed by atoms with Gasteiger partial charge in [-0.1, -0.05) is 19.1 Å². The minimum atomic E-state index is -0.972. The van der Waals surface area contributed by atoms with E-state index in [1.165, 1.54) is 16.2 Å². The van der Waals surface area contributed by atoms with Crippen LogP contribution in [0.3, 0.4) is 0 Å². The van der Waals surface area contributed by atoms with Gasteiger partial charge in [-0.3, -0.25) is 9.69 Å². The summed E-state index contributed by atoms with van der Waals surface area (Å²) in [7, 11) is 1.63. The van der Waals surface area contributed by atoms with Crippen LogP contribution in [0, 0.1) is 6.92 Å². The van der Waals surface area contributed by atoms with Gasteiger partial charge in [0, 0.05) is 28.6 Å². The highest BCUT2D eigenvalue weighted by atomic mass is 32.1. The second kappa shape index (κ2) is 7.84. The molecule has 154 valence electrons. The van der Waals surface area contributed by atoms with E-state index >= 15 is 0 Å². The van der Waals surface area contributed by atoms with Gasteiger partial charge in [-0.25, -0.2) is 4.79 Å². The molecule has 2 N–H and O–H groups in total. The first-order chi connectivity index (χ1) is 14.5. The van der Waals surface area contributed by atoms with Crippen LogP contribution in [-0.2, 0) is 0 Å². The largest absolute Gasteiger partial charge is 0.496 e. The van der Waals surface area contributed by atoms with Crippen molar-refractivity contribution in [2.45, 2.75) is 20.3 Å². The van der Waals surface area contributed by atoms with Crippen molar-refractivity contribution in [3.8, 4) is 16.9 Å². The number of aromatic nitrogens is 1. The number of hydrogen-bond acceptors (Lipinski definition) is 4. The third kappa shape index (κ3) is 3.21. The zero-order valence-electron chi connectivity index (χ0n) is 17.0. The number of fused-ring (bicyclic) bond motifs is 3. The highest BCUT2D eigenvalue weighted by molar-refractivity contribution is 7.17. The number of benzene rings is 2. The SMILES string of the molecule is CCCN(C(=O)O)c1ccc(-c2c(OC)cc(C)c3[nH]c(=O)c4sccc4c23)cc1. The maximum absolute atomic E-state index is 12.5. The minimum absolute atomic E-state index is 0.0984. The van der Waals surface area contributed by atoms with E-state index < -0.39 is 6.09 Å². The Hall–Kier alpha value is -3.32. The quantitative estimate of drug-likeness (QED) is 0.437. The van der Waals surface area contributed by atoms with Crippen molar-refractivity contribution in [2.75, 3.05) is 18.6 Å². The first kappa shape index (κ1) is 20.0. The summed E-state index contributed by atoms with van der Waals surface area (Å²) in [5, 5.41) is 13.2. The lowest BCUT2D eigenvalue weighted by atomic mass is 9.95. The number of methoxy groups -OCH3 is 1. The minimum Gasteiger partial charge on any atom is -0.496 e. The van der Waals surface area contributed by atoms with Gasteiger partial charge in [0.1, 0.15) is 10.4 Å². The molecule has 0 aliphatic carbocycles. The molecule has 0 fully saturated rings. The maximum Gasteiger partial charge on any atom is 0.411 e. The fourth-order valence-corrected chi connectivity index (χ4v) is 4.68. The maximum atomic E-state index is 12.5. The summed E-state index contributed by atoms with van der Waals surface area (Å²) in [5.74, 6) is 0.705. The van der Waals surface area contributed by atoms with Crippen LogP contribution in [0.5, 0.6) is 5.75 Å². The molecule has 0 aliphatic rings. The number of aromatic amines is 1. The Morgan fingerprint density at radius 2 is 1.97 bits per heavy atom. The average molecular weight is 423 g/mol. The van der Waals surface area contributed by atoms with Crippen molar-refractivity contribution in [3.63, 3.8) is 0 Å². The average Bonchev–Trinajstić information content (AvgIpc) is 3.23. The molecule has 0 spiro atoms. The molecule has 0 bridgehead atoms. The van der Waals surface area contributed by atoms with E-state index in [1.807, 2.05) is 43.5 Å². The molecule has 6 nitrogen and oxygen atoms in total. The molecule has 0 unspecified atom stereocenters. The van der Waals surface area contributed by atoms with Gasteiger partial charge in [0.25, 0.3) is 5.56 Å². The van der Waals surface area contributed by atoms with Gasteiger partial charge in [0.2, 0.25) is 0 Å². The summed E-state index contributed by atoms with van der Waals surface area (Å²) in [6.07, 6.45) is -0.242. The predicted octanol–water partition coefficient (Wildman–Crippen LogP) is 5.62. The fourth-order valence-electron chi connectivity index (χ4n) is 3.88. The number of rotatable bonds is 5. The lowest BCUT2D eigenvalue weighted by molar-refractivity contribution is 0.202. The van der Waals surface area contributed by atoms with Crippen LogP contribution in [0.15, 0.2) is 46.6 Å². The van der Waals surface area contributed by atoms with E-state index in [4.69, 9.17) is 4.74 Å². The van der Waals surface area contributed by atoms with Crippen LogP contribution in [0.25, 0.3) is 32.1 Å². The molecule has 2 aromatic heterocycles. The smallest absolute Gasteiger partial charge is 0.411 e. The van der Waals surface area contributed by atoms with Gasteiger partial charge in [-0.15, -0.1) is 11.3 Å². The molecule has 0 atom stereocenters. The van der Waals surface area contributed by atoms with Crippen molar-refractivity contribution < 1.29 is 14.6 Å². The summed E-state index contributed by atoms with van der Waals surface area (Å²) in [4.78, 5) is 28.5. The van der Waals surface area contributed by atoms with E-state index in [2.05, 4.69) is 4.98 Å². The predicted molar refractivity (Wildman–Crippen MR) is 122 cm³/mol. The zero-order valence-corrected chi connectivity index (χ0v) is 17.8. The van der Waals surface area contributed by atoms with Crippen molar-refractivity contribution in [1.29, 1.82) is 0 Å². The number of H-pyrrole nitrogens is 1. The number of aryl methyl sites for hydroxylation is 1. The summed E-state index contributed by atoms with van der Waals surface area (Å²) >= 11 is 1.41. The second-order valence-electron chi connectivity index (χ2n) is 7.12. The van der Waals surface area contributed by atoms with Crippen molar-refractivity contribution in [2.24, 2.45) is 0 Å². The Morgan fingerprint density at radius 3 is 2.60 bits per heavy atom. The number of ether oxygens (including phenoxy) is 1. The Morgan fingerprint density at radius 1 is 1.23 bits per heavy atom. The van der Waals surface area contributed by atoms with Crippen LogP contribution < -0.4 is 15.2 Å². The Balaban J connectivity index is 1.98. The third-order valence-corrected chi connectivity index (χ3v) is 6.15. The molecule has 2 aromatic carbocycles. The molecule has 4 aromatic rings. The standard InChI is InChI=1S/C23H22N2O4S/c1-4-10-25(23(27)28)15-7-5-14(6-8-15)18-17(29-3)12-13(2)20-19(18)16-9-11-30-21(16)22(26)24-20/h5-9,11-12H,4,10H2,1-3H3,(H,24,26)(H,27,28). The molecular weight excluding hydrogens is 400 g/mol. The molecule has 0 saturated carbocycles. The Kier molecular flexibility index (Phi) is 5.22. The molecular formula is C23H22N2O4S. The number of thiophene rings is 1. The first-order valence-corrected chi connectivity index (χ1v) is 10.6. The van der Waals surface area contributed by atoms with Gasteiger partial charge in [-0.2, -0.15) is 0 Å². The van der Waals surface area contributed by atoms with Crippen LogP contribution in [0.1, 0.15) is 18.9 Å². The van der Waals surface area contributed by atoms with Crippen LogP contribution in [-0.4, -0.2) is 29.8 Å². The lowest BCUT2D eigenvalue weighted by Gasteiger charge is -2.20. The molecule has 0 aliphatic heterocycles. The number of carbonyl (C=O) groups is 1. The molecule has 4 rings (SSSR count). The number of amides is 1. The Labute approximate surface area is 177 Å². The van der Waals surface area contributed by atoms with Gasteiger partial charge in [0.05, 0.1) is 12.6 Å². The second-order valence-corrected chi connectivity index (χ2v) is 8.04. The van der Waals surface area contributed by atoms with E-state index in [-0.39, 0.29) is 5.56 Å². The van der Waals surface area contributed by atoms with Gasteiger partial charge < -0.3 is 14.8 Å². The zero-order chi connectivity index (χ0) is 21.4. The number of carboxylic acid groups (broad SMARTS) is 1. The fraction of sp³-hybridized carbons (Fsp3) is 0.217. The van der Waals surface area contributed by atoms with Crippen molar-refractivity contribution in [3.05, 3.63) is 57.7 Å². The number of anilines is 1. The van der Waals surface area contributed by atoms with Gasteiger partial charge in [0.15, 0.2) is 0 Å². The molecule has 0 radical (unpaired) electrons. The summed E-state index contributed by atoms with van der Waals surface area (Å²) in [5.41, 5.74) is 4.00. The monoisotopic (exact) mass is 422 g/mol. The number of pyridine rings is 1. The van der Waals surface area contributed by atoms with E-state index in [1.54, 1.807) is 19.2 Å². The number of nitrogens with zero attached hydrogens (tertiary/aromatic N) is 1. The van der Waals surface area contributed by atoms with Crippen molar-refractivity contribution >= 4 is 44.1 Å². The molecule has 2 heterocycles. The third-order valence-electron chi connectivity index (χ3n) is 5.23. The lowest BCUT2D eigenvalue weighted by Crippen LogP contribution is -2.29.